The molecular formula is C10H6N4O. The molecule has 1 aromatic carbocycles. The van der Waals surface area contributed by atoms with Crippen LogP contribution in [0.4, 0.5) is 5.69 Å². The minimum Gasteiger partial charge on any atom is -0.211 e. The highest BCUT2D eigenvalue weighted by Gasteiger charge is 1.88. The van der Waals surface area contributed by atoms with E-state index >= 15 is 0 Å². The van der Waals surface area contributed by atoms with Crippen molar-refractivity contribution in [1.82, 2.24) is 0 Å². The van der Waals surface area contributed by atoms with Crippen LogP contribution in [0.2, 0.25) is 0 Å². The summed E-state index contributed by atoms with van der Waals surface area (Å²) >= 11 is 0. The zero-order chi connectivity index (χ0) is 10.9. The minimum absolute atomic E-state index is 0.144. The first-order valence-corrected chi connectivity index (χ1v) is 4.04. The normalized spacial score (nSPS) is 7.73. The highest BCUT2D eigenvalue weighted by atomic mass is 16.1. The van der Waals surface area contributed by atoms with Gasteiger partial charge in [-0.05, 0) is 29.8 Å². The van der Waals surface area contributed by atoms with E-state index in [2.05, 4.69) is 26.9 Å². The van der Waals surface area contributed by atoms with E-state index in [1.54, 1.807) is 24.3 Å². The summed E-state index contributed by atoms with van der Waals surface area (Å²) < 4.78 is 0. The van der Waals surface area contributed by atoms with Gasteiger partial charge in [0.25, 0.3) is 0 Å². The minimum atomic E-state index is 0.144. The highest BCUT2D eigenvalue weighted by Crippen LogP contribution is 2.10. The van der Waals surface area contributed by atoms with Crippen molar-refractivity contribution in [2.45, 2.75) is 0 Å². The molecule has 0 aliphatic heterocycles. The molecule has 0 unspecified atom stereocenters. The van der Waals surface area contributed by atoms with E-state index in [1.807, 2.05) is 0 Å². The Morgan fingerprint density at radius 1 is 1.33 bits per heavy atom. The Morgan fingerprint density at radius 2 is 2.07 bits per heavy atom. The third-order valence-electron chi connectivity index (χ3n) is 1.49. The fraction of sp³-hybridized carbons (Fsp3) is 0.100. The van der Waals surface area contributed by atoms with Crippen molar-refractivity contribution in [3.05, 3.63) is 40.3 Å². The summed E-state index contributed by atoms with van der Waals surface area (Å²) in [5.74, 6) is 5.47. The maximum Gasteiger partial charge on any atom is 0.240 e. The molecule has 0 bridgehead atoms. The van der Waals surface area contributed by atoms with Gasteiger partial charge >= 0.3 is 0 Å². The van der Waals surface area contributed by atoms with Gasteiger partial charge in [0.2, 0.25) is 6.08 Å². The Morgan fingerprint density at radius 3 is 2.67 bits per heavy atom. The van der Waals surface area contributed by atoms with E-state index in [4.69, 9.17) is 5.53 Å². The molecular weight excluding hydrogens is 192 g/mol. The number of azide groups is 1. The number of isocyanates is 1. The third kappa shape index (κ3) is 3.79. The molecule has 5 heteroatoms. The summed E-state index contributed by atoms with van der Waals surface area (Å²) in [6.07, 6.45) is 1.45. The smallest absolute Gasteiger partial charge is 0.211 e. The lowest BCUT2D eigenvalue weighted by Crippen LogP contribution is -1.74. The van der Waals surface area contributed by atoms with Crippen molar-refractivity contribution >= 4 is 11.8 Å². The lowest BCUT2D eigenvalue weighted by Gasteiger charge is -1.90. The van der Waals surface area contributed by atoms with Crippen LogP contribution >= 0.6 is 0 Å². The van der Waals surface area contributed by atoms with Crippen molar-refractivity contribution in [3.8, 4) is 11.8 Å². The molecule has 0 aliphatic carbocycles. The lowest BCUT2D eigenvalue weighted by atomic mass is 10.2. The molecule has 15 heavy (non-hydrogen) atoms. The number of aliphatic imine (C=N–C) groups is 1. The summed E-state index contributed by atoms with van der Waals surface area (Å²) in [6, 6.07) is 6.75. The number of rotatable bonds is 2. The first kappa shape index (κ1) is 10.6. The van der Waals surface area contributed by atoms with E-state index in [9.17, 15) is 4.79 Å². The maximum atomic E-state index is 9.94. The Kier molecular flexibility index (Phi) is 4.22. The molecule has 5 nitrogen and oxygen atoms in total. The molecule has 1 rings (SSSR count). The van der Waals surface area contributed by atoms with Gasteiger partial charge < -0.3 is 0 Å². The van der Waals surface area contributed by atoms with Gasteiger partial charge in [-0.3, -0.25) is 0 Å². The van der Waals surface area contributed by atoms with Gasteiger partial charge in [0, 0.05) is 10.5 Å². The molecule has 0 N–H and O–H groups in total. The standard InChI is InChI=1S/C10H6N4O/c11-14-13-7-1-2-9-3-5-10(6-4-9)12-8-15/h3-6H,7H2. The monoisotopic (exact) mass is 198 g/mol. The van der Waals surface area contributed by atoms with Gasteiger partial charge in [0.1, 0.15) is 0 Å². The van der Waals surface area contributed by atoms with Crippen LogP contribution in [0.5, 0.6) is 0 Å². The van der Waals surface area contributed by atoms with E-state index in [1.165, 1.54) is 6.08 Å². The second kappa shape index (κ2) is 6.01. The SMILES string of the molecule is [N-]=[N+]=NCC#Cc1ccc(N=C=O)cc1. The summed E-state index contributed by atoms with van der Waals surface area (Å²) in [6.45, 7) is 0.144. The van der Waals surface area contributed by atoms with Crippen LogP contribution in [0.15, 0.2) is 34.4 Å². The van der Waals surface area contributed by atoms with Gasteiger partial charge in [-0.1, -0.05) is 17.0 Å². The summed E-state index contributed by atoms with van der Waals surface area (Å²) in [7, 11) is 0. The van der Waals surface area contributed by atoms with E-state index in [0.29, 0.717) is 5.69 Å². The van der Waals surface area contributed by atoms with Gasteiger partial charge in [-0.2, -0.15) is 4.99 Å². The second-order valence-corrected chi connectivity index (χ2v) is 2.44. The molecule has 0 saturated carbocycles. The number of nitrogens with zero attached hydrogens (tertiary/aromatic N) is 4. The van der Waals surface area contributed by atoms with Crippen molar-refractivity contribution in [2.24, 2.45) is 10.1 Å². The Hall–Kier alpha value is -2.53. The fourth-order valence-corrected chi connectivity index (χ4v) is 0.881. The Balaban J connectivity index is 2.74. The van der Waals surface area contributed by atoms with Crippen molar-refractivity contribution < 1.29 is 4.79 Å². The molecule has 1 aromatic rings. The lowest BCUT2D eigenvalue weighted by molar-refractivity contribution is 0.565. The van der Waals surface area contributed by atoms with E-state index < -0.39 is 0 Å². The molecule has 72 valence electrons. The predicted molar refractivity (Wildman–Crippen MR) is 55.1 cm³/mol. The van der Waals surface area contributed by atoms with Crippen LogP contribution in [-0.4, -0.2) is 12.6 Å². The summed E-state index contributed by atoms with van der Waals surface area (Å²) in [5.41, 5.74) is 9.30. The molecule has 0 aromatic heterocycles. The molecule has 0 radical (unpaired) electrons. The van der Waals surface area contributed by atoms with Crippen LogP contribution in [0.25, 0.3) is 10.4 Å². The first-order chi connectivity index (χ1) is 7.36. The zero-order valence-electron chi connectivity index (χ0n) is 7.71. The van der Waals surface area contributed by atoms with Crippen LogP contribution < -0.4 is 0 Å². The molecule has 0 fully saturated rings. The maximum absolute atomic E-state index is 9.94. The molecule has 0 heterocycles. The fourth-order valence-electron chi connectivity index (χ4n) is 0.881. The Labute approximate surface area is 86.1 Å². The van der Waals surface area contributed by atoms with E-state index in [-0.39, 0.29) is 6.54 Å². The first-order valence-electron chi connectivity index (χ1n) is 4.04. The quantitative estimate of drug-likeness (QED) is 0.179. The zero-order valence-corrected chi connectivity index (χ0v) is 7.71. The number of benzene rings is 1. The predicted octanol–water partition coefficient (Wildman–Crippen LogP) is 2.32. The summed E-state index contributed by atoms with van der Waals surface area (Å²) in [5, 5.41) is 3.27. The Bertz CT molecular complexity index is 482. The number of carbonyl (C=O) groups excluding carboxylic acids is 1. The van der Waals surface area contributed by atoms with Crippen LogP contribution in [0.3, 0.4) is 0 Å². The van der Waals surface area contributed by atoms with Gasteiger partial charge in [-0.15, -0.1) is 0 Å². The molecule has 0 amide bonds. The van der Waals surface area contributed by atoms with Crippen LogP contribution in [0.1, 0.15) is 5.56 Å². The second-order valence-electron chi connectivity index (χ2n) is 2.44. The van der Waals surface area contributed by atoms with Crippen molar-refractivity contribution in [1.29, 1.82) is 0 Å². The third-order valence-corrected chi connectivity index (χ3v) is 1.49. The number of hydrogen-bond donors (Lipinski definition) is 0. The molecule has 0 spiro atoms. The average molecular weight is 198 g/mol. The molecule has 0 aliphatic rings. The topological polar surface area (TPSA) is 78.2 Å². The largest absolute Gasteiger partial charge is 0.240 e. The van der Waals surface area contributed by atoms with Gasteiger partial charge in [0.15, 0.2) is 0 Å². The van der Waals surface area contributed by atoms with Gasteiger partial charge in [0.05, 0.1) is 12.2 Å². The van der Waals surface area contributed by atoms with Crippen molar-refractivity contribution in [3.63, 3.8) is 0 Å². The van der Waals surface area contributed by atoms with Gasteiger partial charge in [-0.25, -0.2) is 4.79 Å². The van der Waals surface area contributed by atoms with E-state index in [0.717, 1.165) is 5.56 Å². The van der Waals surface area contributed by atoms with Crippen LogP contribution in [0, 0.1) is 11.8 Å². The summed E-state index contributed by atoms with van der Waals surface area (Å²) in [4.78, 5) is 15.9. The molecule has 0 saturated heterocycles. The number of hydrogen-bond acceptors (Lipinski definition) is 3. The average Bonchev–Trinajstić information content (AvgIpc) is 2.27. The van der Waals surface area contributed by atoms with Crippen LogP contribution in [-0.2, 0) is 4.79 Å². The highest BCUT2D eigenvalue weighted by molar-refractivity contribution is 5.51. The molecule has 0 atom stereocenters. The van der Waals surface area contributed by atoms with Crippen molar-refractivity contribution in [2.75, 3.05) is 6.54 Å².